The Balaban J connectivity index is 1.86. The van der Waals surface area contributed by atoms with E-state index >= 15 is 0 Å². The molecule has 0 radical (unpaired) electrons. The summed E-state index contributed by atoms with van der Waals surface area (Å²) >= 11 is 0. The van der Waals surface area contributed by atoms with E-state index in [-0.39, 0.29) is 12.1 Å². The van der Waals surface area contributed by atoms with E-state index in [9.17, 15) is 9.59 Å². The van der Waals surface area contributed by atoms with E-state index in [2.05, 4.69) is 31.3 Å². The second-order valence-electron chi connectivity index (χ2n) is 4.32. The molecule has 1 aromatic heterocycles. The number of hydrogen-bond acceptors (Lipinski definition) is 5. The van der Waals surface area contributed by atoms with Crippen LogP contribution in [0.5, 0.6) is 0 Å². The first-order valence-corrected chi connectivity index (χ1v) is 6.16. The second kappa shape index (κ2) is 6.46. The Morgan fingerprint density at radius 3 is 2.90 bits per heavy atom. The molecule has 2 aromatic rings. The van der Waals surface area contributed by atoms with Crippen molar-refractivity contribution in [2.45, 2.75) is 19.5 Å². The van der Waals surface area contributed by atoms with Crippen molar-refractivity contribution in [3.63, 3.8) is 0 Å². The first-order chi connectivity index (χ1) is 10.1. The van der Waals surface area contributed by atoms with Gasteiger partial charge in [-0.1, -0.05) is 17.3 Å². The van der Waals surface area contributed by atoms with E-state index in [1.807, 2.05) is 0 Å². The molecule has 1 aromatic carbocycles. The van der Waals surface area contributed by atoms with E-state index in [1.165, 1.54) is 12.1 Å². The Hall–Kier alpha value is -2.97. The lowest BCUT2D eigenvalue weighted by atomic mass is 10.1. The molecule has 2 rings (SSSR count). The minimum absolute atomic E-state index is 0.176. The highest BCUT2D eigenvalue weighted by Gasteiger charge is 2.13. The van der Waals surface area contributed by atoms with Crippen LogP contribution in [-0.4, -0.2) is 37.7 Å². The third-order valence-corrected chi connectivity index (χ3v) is 2.72. The molecule has 21 heavy (non-hydrogen) atoms. The highest BCUT2D eigenvalue weighted by atomic mass is 16.4. The number of nitrogens with one attached hydrogen (secondary N) is 3. The monoisotopic (exact) mass is 290 g/mol. The number of nitrogens with zero attached hydrogens (tertiary/aromatic N) is 3. The number of carboxylic acid groups (broad SMARTS) is 1. The number of carboxylic acids is 1. The van der Waals surface area contributed by atoms with Crippen molar-refractivity contribution in [1.29, 1.82) is 0 Å². The SMILES string of the molecule is CC(NC(=O)NCc1cccc(C(=O)O)c1)c1nn[nH]n1. The summed E-state index contributed by atoms with van der Waals surface area (Å²) in [5.41, 5.74) is 0.868. The maximum absolute atomic E-state index is 11.7. The molecule has 0 aliphatic heterocycles. The molecule has 0 fully saturated rings. The van der Waals surface area contributed by atoms with Crippen LogP contribution in [0.2, 0.25) is 0 Å². The normalized spacial score (nSPS) is 11.7. The van der Waals surface area contributed by atoms with Crippen LogP contribution in [0.3, 0.4) is 0 Å². The average molecular weight is 290 g/mol. The van der Waals surface area contributed by atoms with Gasteiger partial charge in [0.05, 0.1) is 11.6 Å². The summed E-state index contributed by atoms with van der Waals surface area (Å²) in [7, 11) is 0. The molecule has 2 amide bonds. The lowest BCUT2D eigenvalue weighted by Crippen LogP contribution is -2.37. The molecular formula is C12H14N6O3. The Bertz CT molecular complexity index is 628. The number of aromatic nitrogens is 4. The van der Waals surface area contributed by atoms with Gasteiger partial charge in [-0.3, -0.25) is 0 Å². The van der Waals surface area contributed by atoms with Gasteiger partial charge >= 0.3 is 12.0 Å². The third kappa shape index (κ3) is 4.00. The van der Waals surface area contributed by atoms with Gasteiger partial charge < -0.3 is 15.7 Å². The van der Waals surface area contributed by atoms with Crippen LogP contribution in [0, 0.1) is 0 Å². The van der Waals surface area contributed by atoms with Crippen molar-refractivity contribution in [3.05, 3.63) is 41.2 Å². The predicted molar refractivity (Wildman–Crippen MR) is 71.4 cm³/mol. The summed E-state index contributed by atoms with van der Waals surface area (Å²) in [5, 5.41) is 27.4. The van der Waals surface area contributed by atoms with Crippen molar-refractivity contribution in [1.82, 2.24) is 31.3 Å². The summed E-state index contributed by atoms with van der Waals surface area (Å²) in [6.07, 6.45) is 0. The fourth-order valence-electron chi connectivity index (χ4n) is 1.66. The van der Waals surface area contributed by atoms with Crippen molar-refractivity contribution < 1.29 is 14.7 Å². The number of carbonyl (C=O) groups excluding carboxylic acids is 1. The molecule has 1 heterocycles. The number of aromatic carboxylic acids is 1. The number of amides is 2. The zero-order chi connectivity index (χ0) is 15.2. The zero-order valence-corrected chi connectivity index (χ0v) is 11.2. The van der Waals surface area contributed by atoms with Gasteiger partial charge in [0, 0.05) is 6.54 Å². The van der Waals surface area contributed by atoms with Crippen molar-refractivity contribution in [2.24, 2.45) is 0 Å². The fraction of sp³-hybridized carbons (Fsp3) is 0.250. The molecule has 0 spiro atoms. The molecule has 1 atom stereocenters. The van der Waals surface area contributed by atoms with E-state index in [4.69, 9.17) is 5.11 Å². The largest absolute Gasteiger partial charge is 0.478 e. The van der Waals surface area contributed by atoms with Crippen molar-refractivity contribution >= 4 is 12.0 Å². The number of hydrogen-bond donors (Lipinski definition) is 4. The maximum atomic E-state index is 11.7. The molecule has 110 valence electrons. The summed E-state index contributed by atoms with van der Waals surface area (Å²) < 4.78 is 0. The topological polar surface area (TPSA) is 133 Å². The maximum Gasteiger partial charge on any atom is 0.335 e. The van der Waals surface area contributed by atoms with Gasteiger partial charge in [-0.2, -0.15) is 5.21 Å². The van der Waals surface area contributed by atoms with Crippen LogP contribution in [0.4, 0.5) is 4.79 Å². The summed E-state index contributed by atoms with van der Waals surface area (Å²) in [6, 6.07) is 5.55. The molecule has 0 aliphatic rings. The molecular weight excluding hydrogens is 276 g/mol. The molecule has 0 bridgehead atoms. The minimum atomic E-state index is -1.01. The van der Waals surface area contributed by atoms with Crippen molar-refractivity contribution in [3.8, 4) is 0 Å². The molecule has 1 unspecified atom stereocenters. The lowest BCUT2D eigenvalue weighted by molar-refractivity contribution is 0.0696. The van der Waals surface area contributed by atoms with E-state index in [0.29, 0.717) is 11.4 Å². The van der Waals surface area contributed by atoms with Crippen LogP contribution in [0.25, 0.3) is 0 Å². The highest BCUT2D eigenvalue weighted by Crippen LogP contribution is 2.06. The predicted octanol–water partition coefficient (Wildman–Crippen LogP) is 0.458. The van der Waals surface area contributed by atoms with E-state index in [0.717, 1.165) is 0 Å². The fourth-order valence-corrected chi connectivity index (χ4v) is 1.66. The van der Waals surface area contributed by atoms with Crippen LogP contribution >= 0.6 is 0 Å². The number of rotatable bonds is 5. The summed E-state index contributed by atoms with van der Waals surface area (Å²) in [6.45, 7) is 1.93. The van der Waals surface area contributed by atoms with Gasteiger partial charge in [0.1, 0.15) is 0 Å². The van der Waals surface area contributed by atoms with E-state index in [1.54, 1.807) is 19.1 Å². The minimum Gasteiger partial charge on any atom is -0.478 e. The smallest absolute Gasteiger partial charge is 0.335 e. The standard InChI is InChI=1S/C12H14N6O3/c1-7(10-15-17-18-16-10)14-12(21)13-6-8-3-2-4-9(5-8)11(19)20/h2-5,7H,6H2,1H3,(H,19,20)(H2,13,14,21)(H,15,16,17,18). The summed E-state index contributed by atoms with van der Waals surface area (Å²) in [4.78, 5) is 22.6. The number of benzene rings is 1. The quantitative estimate of drug-likeness (QED) is 0.632. The van der Waals surface area contributed by atoms with Crippen molar-refractivity contribution in [2.75, 3.05) is 0 Å². The molecule has 9 nitrogen and oxygen atoms in total. The van der Waals surface area contributed by atoms with Crippen LogP contribution in [0.1, 0.15) is 34.7 Å². The Morgan fingerprint density at radius 1 is 1.43 bits per heavy atom. The first kappa shape index (κ1) is 14.4. The Morgan fingerprint density at radius 2 is 2.24 bits per heavy atom. The van der Waals surface area contributed by atoms with Crippen LogP contribution < -0.4 is 10.6 Å². The number of aromatic amines is 1. The number of carbonyl (C=O) groups is 2. The second-order valence-corrected chi connectivity index (χ2v) is 4.32. The Labute approximate surface area is 119 Å². The molecule has 0 aliphatic carbocycles. The van der Waals surface area contributed by atoms with Crippen LogP contribution in [-0.2, 0) is 6.54 Å². The van der Waals surface area contributed by atoms with Gasteiger partial charge in [0.2, 0.25) is 0 Å². The van der Waals surface area contributed by atoms with Gasteiger partial charge in [0.25, 0.3) is 0 Å². The van der Waals surface area contributed by atoms with E-state index < -0.39 is 18.0 Å². The zero-order valence-electron chi connectivity index (χ0n) is 11.2. The molecule has 4 N–H and O–H groups in total. The van der Waals surface area contributed by atoms with Gasteiger partial charge in [-0.15, -0.1) is 10.2 Å². The van der Waals surface area contributed by atoms with Crippen LogP contribution in [0.15, 0.2) is 24.3 Å². The van der Waals surface area contributed by atoms with Gasteiger partial charge in [-0.05, 0) is 24.6 Å². The molecule has 9 heteroatoms. The average Bonchev–Trinajstić information content (AvgIpc) is 2.99. The molecule has 0 saturated heterocycles. The van der Waals surface area contributed by atoms with Gasteiger partial charge in [0.15, 0.2) is 5.82 Å². The Kier molecular flexibility index (Phi) is 4.44. The summed E-state index contributed by atoms with van der Waals surface area (Å²) in [5.74, 6) is -0.634. The number of urea groups is 1. The van der Waals surface area contributed by atoms with Gasteiger partial charge in [-0.25, -0.2) is 9.59 Å². The lowest BCUT2D eigenvalue weighted by Gasteiger charge is -2.11. The highest BCUT2D eigenvalue weighted by molar-refractivity contribution is 5.87. The number of H-pyrrole nitrogens is 1. The number of tetrazole rings is 1. The molecule has 0 saturated carbocycles. The first-order valence-electron chi connectivity index (χ1n) is 6.16. The third-order valence-electron chi connectivity index (χ3n) is 2.72.